The molecule has 3 rings (SSSR count). The van der Waals surface area contributed by atoms with E-state index in [0.717, 1.165) is 24.3 Å². The maximum atomic E-state index is 12.5. The Bertz CT molecular complexity index is 641. The summed E-state index contributed by atoms with van der Waals surface area (Å²) in [5.41, 5.74) is 1.83. The summed E-state index contributed by atoms with van der Waals surface area (Å²) in [5, 5.41) is 4.35. The van der Waals surface area contributed by atoms with Crippen LogP contribution < -0.4 is 0 Å². The van der Waals surface area contributed by atoms with E-state index in [1.54, 1.807) is 0 Å². The number of likely N-dealkylation sites (tertiary alicyclic amines) is 1. The second-order valence-electron chi connectivity index (χ2n) is 5.52. The second-order valence-corrected chi connectivity index (χ2v) is 5.52. The van der Waals surface area contributed by atoms with E-state index in [0.29, 0.717) is 17.9 Å². The molecule has 106 valence electrons. The Balaban J connectivity index is 1.74. The summed E-state index contributed by atoms with van der Waals surface area (Å²) < 4.78 is 7.41. The quantitative estimate of drug-likeness (QED) is 0.844. The zero-order valence-electron chi connectivity index (χ0n) is 12.1. The molecule has 20 heavy (non-hydrogen) atoms. The van der Waals surface area contributed by atoms with Gasteiger partial charge < -0.3 is 9.32 Å². The van der Waals surface area contributed by atoms with Gasteiger partial charge in [-0.05, 0) is 38.8 Å². The normalized spacial score (nSPS) is 18.8. The Kier molecular flexibility index (Phi) is 3.12. The second kappa shape index (κ2) is 4.81. The summed E-state index contributed by atoms with van der Waals surface area (Å²) in [4.78, 5) is 14.4. The molecular weight excluding hydrogens is 254 g/mol. The first-order chi connectivity index (χ1) is 9.54. The van der Waals surface area contributed by atoms with Gasteiger partial charge in [-0.25, -0.2) is 0 Å². The molecule has 0 N–H and O–H groups in total. The van der Waals surface area contributed by atoms with E-state index in [4.69, 9.17) is 4.42 Å². The molecule has 0 aliphatic carbocycles. The lowest BCUT2D eigenvalue weighted by Gasteiger charge is -2.16. The van der Waals surface area contributed by atoms with Crippen molar-refractivity contribution in [1.82, 2.24) is 14.7 Å². The average molecular weight is 273 g/mol. The molecule has 3 heterocycles. The molecule has 0 radical (unpaired) electrons. The van der Waals surface area contributed by atoms with Crippen molar-refractivity contribution in [1.29, 1.82) is 0 Å². The summed E-state index contributed by atoms with van der Waals surface area (Å²) >= 11 is 0. The van der Waals surface area contributed by atoms with Gasteiger partial charge in [0.2, 0.25) is 0 Å². The van der Waals surface area contributed by atoms with Gasteiger partial charge in [0.1, 0.15) is 11.5 Å². The highest BCUT2D eigenvalue weighted by Crippen LogP contribution is 2.24. The molecule has 1 amide bonds. The van der Waals surface area contributed by atoms with Crippen LogP contribution in [0.5, 0.6) is 0 Å². The summed E-state index contributed by atoms with van der Waals surface area (Å²) in [6.07, 6.45) is 4.84. The third-order valence-electron chi connectivity index (χ3n) is 3.83. The fourth-order valence-electron chi connectivity index (χ4n) is 2.79. The number of aromatic nitrogens is 2. The highest BCUT2D eigenvalue weighted by molar-refractivity contribution is 5.95. The third-order valence-corrected chi connectivity index (χ3v) is 3.83. The van der Waals surface area contributed by atoms with Crippen LogP contribution in [0, 0.1) is 20.8 Å². The number of aryl methyl sites for hydroxylation is 3. The van der Waals surface area contributed by atoms with Gasteiger partial charge >= 0.3 is 0 Å². The Morgan fingerprint density at radius 1 is 1.40 bits per heavy atom. The van der Waals surface area contributed by atoms with Gasteiger partial charge in [0, 0.05) is 19.3 Å². The van der Waals surface area contributed by atoms with Crippen molar-refractivity contribution in [2.45, 2.75) is 33.2 Å². The first-order valence-electron chi connectivity index (χ1n) is 6.91. The van der Waals surface area contributed by atoms with Crippen molar-refractivity contribution < 1.29 is 9.21 Å². The molecule has 1 saturated heterocycles. The number of hydrogen-bond donors (Lipinski definition) is 0. The molecule has 0 saturated carbocycles. The summed E-state index contributed by atoms with van der Waals surface area (Å²) in [7, 11) is 0. The Morgan fingerprint density at radius 3 is 2.80 bits per heavy atom. The van der Waals surface area contributed by atoms with Crippen molar-refractivity contribution in [3.63, 3.8) is 0 Å². The number of nitrogens with zero attached hydrogens (tertiary/aromatic N) is 3. The van der Waals surface area contributed by atoms with E-state index >= 15 is 0 Å². The van der Waals surface area contributed by atoms with Gasteiger partial charge in [0.25, 0.3) is 5.91 Å². The third kappa shape index (κ3) is 2.24. The lowest BCUT2D eigenvalue weighted by atomic mass is 10.2. The van der Waals surface area contributed by atoms with Crippen LogP contribution in [0.3, 0.4) is 0 Å². The van der Waals surface area contributed by atoms with E-state index in [1.807, 2.05) is 48.8 Å². The van der Waals surface area contributed by atoms with Crippen LogP contribution in [0.1, 0.15) is 39.9 Å². The smallest absolute Gasteiger partial charge is 0.257 e. The van der Waals surface area contributed by atoms with Crippen LogP contribution >= 0.6 is 0 Å². The van der Waals surface area contributed by atoms with Crippen LogP contribution in [-0.4, -0.2) is 33.7 Å². The number of hydrogen-bond acceptors (Lipinski definition) is 3. The highest BCUT2D eigenvalue weighted by atomic mass is 16.3. The Morgan fingerprint density at radius 2 is 2.20 bits per heavy atom. The zero-order valence-corrected chi connectivity index (χ0v) is 12.1. The molecule has 1 atom stereocenters. The minimum atomic E-state index is 0.0609. The van der Waals surface area contributed by atoms with Gasteiger partial charge in [-0.15, -0.1) is 0 Å². The molecule has 0 aromatic carbocycles. The van der Waals surface area contributed by atoms with Crippen molar-refractivity contribution >= 4 is 5.91 Å². The van der Waals surface area contributed by atoms with E-state index in [1.165, 1.54) is 0 Å². The fourth-order valence-corrected chi connectivity index (χ4v) is 2.79. The molecule has 1 fully saturated rings. The van der Waals surface area contributed by atoms with E-state index in [-0.39, 0.29) is 11.9 Å². The number of amides is 1. The number of furan rings is 1. The largest absolute Gasteiger partial charge is 0.466 e. The minimum absolute atomic E-state index is 0.0609. The van der Waals surface area contributed by atoms with Gasteiger partial charge in [0.15, 0.2) is 0 Å². The maximum absolute atomic E-state index is 12.5. The summed E-state index contributed by atoms with van der Waals surface area (Å²) in [6, 6.07) is 2.10. The highest BCUT2D eigenvalue weighted by Gasteiger charge is 2.30. The first kappa shape index (κ1) is 13.0. The monoisotopic (exact) mass is 273 g/mol. The average Bonchev–Trinajstić information content (AvgIpc) is 3.08. The van der Waals surface area contributed by atoms with E-state index < -0.39 is 0 Å². The van der Waals surface area contributed by atoms with Gasteiger partial charge in [-0.2, -0.15) is 5.10 Å². The molecule has 1 aliphatic heterocycles. The van der Waals surface area contributed by atoms with Crippen LogP contribution in [0.2, 0.25) is 0 Å². The molecule has 1 aliphatic rings. The Hall–Kier alpha value is -2.04. The van der Waals surface area contributed by atoms with Crippen LogP contribution in [0.4, 0.5) is 0 Å². The molecule has 0 spiro atoms. The topological polar surface area (TPSA) is 51.3 Å². The van der Waals surface area contributed by atoms with Crippen molar-refractivity contribution in [2.24, 2.45) is 0 Å². The van der Waals surface area contributed by atoms with Crippen molar-refractivity contribution in [3.05, 3.63) is 41.1 Å². The van der Waals surface area contributed by atoms with E-state index in [2.05, 4.69) is 5.10 Å². The van der Waals surface area contributed by atoms with Crippen LogP contribution in [0.25, 0.3) is 0 Å². The number of rotatable bonds is 2. The standard InChI is InChI=1S/C15H19N3O2/c1-10-7-16-18(8-10)13-4-5-17(9-13)15(19)14-6-11(2)20-12(14)3/h6-8,13H,4-5,9H2,1-3H3. The summed E-state index contributed by atoms with van der Waals surface area (Å²) in [5.74, 6) is 1.54. The SMILES string of the molecule is Cc1cnn(C2CCN(C(=O)c3cc(C)oc3C)C2)c1. The van der Waals surface area contributed by atoms with Gasteiger partial charge in [-0.3, -0.25) is 9.48 Å². The van der Waals surface area contributed by atoms with Crippen molar-refractivity contribution in [3.8, 4) is 0 Å². The fraction of sp³-hybridized carbons (Fsp3) is 0.467. The molecule has 5 nitrogen and oxygen atoms in total. The molecule has 1 unspecified atom stereocenters. The van der Waals surface area contributed by atoms with Gasteiger partial charge in [0.05, 0.1) is 17.8 Å². The molecule has 2 aromatic rings. The number of carbonyl (C=O) groups is 1. The van der Waals surface area contributed by atoms with Crippen LogP contribution in [-0.2, 0) is 0 Å². The predicted molar refractivity (Wildman–Crippen MR) is 74.7 cm³/mol. The number of carbonyl (C=O) groups excluding carboxylic acids is 1. The van der Waals surface area contributed by atoms with Gasteiger partial charge in [-0.1, -0.05) is 0 Å². The van der Waals surface area contributed by atoms with Crippen LogP contribution in [0.15, 0.2) is 22.9 Å². The maximum Gasteiger partial charge on any atom is 0.257 e. The summed E-state index contributed by atoms with van der Waals surface area (Å²) in [6.45, 7) is 7.21. The van der Waals surface area contributed by atoms with Crippen molar-refractivity contribution in [2.75, 3.05) is 13.1 Å². The molecule has 2 aromatic heterocycles. The predicted octanol–water partition coefficient (Wildman–Crippen LogP) is 2.49. The first-order valence-corrected chi connectivity index (χ1v) is 6.91. The molecule has 5 heteroatoms. The lowest BCUT2D eigenvalue weighted by Crippen LogP contribution is -2.29. The lowest BCUT2D eigenvalue weighted by molar-refractivity contribution is 0.0785. The Labute approximate surface area is 118 Å². The molecule has 0 bridgehead atoms. The molecular formula is C15H19N3O2. The minimum Gasteiger partial charge on any atom is -0.466 e. The van der Waals surface area contributed by atoms with E-state index in [9.17, 15) is 4.79 Å². The zero-order chi connectivity index (χ0) is 14.3.